The van der Waals surface area contributed by atoms with Crippen LogP contribution in [0.15, 0.2) is 0 Å². The highest BCUT2D eigenvalue weighted by Gasteiger charge is 2.46. The molecule has 1 heterocycles. The molecule has 7 unspecified atom stereocenters. The van der Waals surface area contributed by atoms with Crippen LogP contribution < -0.4 is 5.32 Å². The van der Waals surface area contributed by atoms with Crippen molar-refractivity contribution >= 4 is 12.3 Å². The zero-order valence-electron chi connectivity index (χ0n) is 41.0. The van der Waals surface area contributed by atoms with Gasteiger partial charge in [0.05, 0.1) is 55.3 Å². The normalized spacial score (nSPS) is 24.1. The van der Waals surface area contributed by atoms with Crippen molar-refractivity contribution in [3.05, 3.63) is 0 Å². The second-order valence-corrected chi connectivity index (χ2v) is 18.4. The van der Waals surface area contributed by atoms with Crippen LogP contribution in [0.4, 0.5) is 0 Å². The van der Waals surface area contributed by atoms with Crippen LogP contribution >= 0.6 is 0 Å². The van der Waals surface area contributed by atoms with Crippen molar-refractivity contribution in [3.63, 3.8) is 0 Å². The van der Waals surface area contributed by atoms with Crippen molar-refractivity contribution in [2.75, 3.05) is 60.6 Å². The van der Waals surface area contributed by atoms with Gasteiger partial charge in [-0.2, -0.15) is 0 Å². The molecule has 61 heavy (non-hydrogen) atoms. The smallest absolute Gasteiger partial charge is 0.307 e. The van der Waals surface area contributed by atoms with E-state index in [1.807, 2.05) is 48.7 Å². The Morgan fingerprint density at radius 3 is 2.15 bits per heavy atom. The number of rotatable bonds is 31. The summed E-state index contributed by atoms with van der Waals surface area (Å²) in [6, 6.07) is -0.251. The second-order valence-electron chi connectivity index (χ2n) is 18.4. The third-order valence-electron chi connectivity index (χ3n) is 12.3. The average molecular weight is 880 g/mol. The molecule has 0 saturated carbocycles. The summed E-state index contributed by atoms with van der Waals surface area (Å²) in [6.07, 6.45) is 1.53. The Labute approximate surface area is 370 Å². The van der Waals surface area contributed by atoms with Crippen molar-refractivity contribution in [2.45, 2.75) is 207 Å². The summed E-state index contributed by atoms with van der Waals surface area (Å²) >= 11 is 0. The number of ether oxygens (including phenoxy) is 5. The summed E-state index contributed by atoms with van der Waals surface area (Å²) in [5.41, 5.74) is -2.95. The van der Waals surface area contributed by atoms with E-state index in [0.717, 1.165) is 25.9 Å². The van der Waals surface area contributed by atoms with Crippen molar-refractivity contribution in [2.24, 2.45) is 17.8 Å². The lowest BCUT2D eigenvalue weighted by Crippen LogP contribution is -2.59. The number of aliphatic hydroxyl groups excluding tert-OH is 3. The average Bonchev–Trinajstić information content (AvgIpc) is 3.19. The zero-order chi connectivity index (χ0) is 47.1. The number of carbonyl (C=O) groups excluding carboxylic acids is 2. The van der Waals surface area contributed by atoms with Crippen molar-refractivity contribution in [3.8, 4) is 0 Å². The van der Waals surface area contributed by atoms with Crippen LogP contribution in [0.2, 0.25) is 0 Å². The van der Waals surface area contributed by atoms with E-state index in [2.05, 4.69) is 22.0 Å². The Kier molecular flexibility index (Phi) is 30.1. The Hall–Kier alpha value is -1.34. The molecule has 0 amide bonds. The Morgan fingerprint density at radius 2 is 1.62 bits per heavy atom. The molecule has 0 spiro atoms. The quantitative estimate of drug-likeness (QED) is 0.0329. The van der Waals surface area contributed by atoms with Gasteiger partial charge < -0.3 is 64.2 Å². The maximum Gasteiger partial charge on any atom is 0.307 e. The molecule has 364 valence electrons. The Morgan fingerprint density at radius 1 is 0.984 bits per heavy atom. The van der Waals surface area contributed by atoms with Gasteiger partial charge in [-0.1, -0.05) is 41.0 Å². The highest BCUT2D eigenvalue weighted by molar-refractivity contribution is 5.69. The van der Waals surface area contributed by atoms with E-state index in [4.69, 9.17) is 28.8 Å². The summed E-state index contributed by atoms with van der Waals surface area (Å²) in [6.45, 7) is 25.4. The molecule has 1 fully saturated rings. The molecule has 0 bridgehead atoms. The molecular weight excluding hydrogens is 787 g/mol. The van der Waals surface area contributed by atoms with Gasteiger partial charge in [-0.05, 0) is 114 Å². The third-order valence-corrected chi connectivity index (χ3v) is 12.3. The van der Waals surface area contributed by atoms with Crippen molar-refractivity contribution < 1.29 is 58.8 Å². The number of nitrogens with one attached hydrogen (secondary N) is 1. The van der Waals surface area contributed by atoms with Gasteiger partial charge in [0, 0.05) is 57.1 Å². The molecule has 1 rings (SSSR count). The van der Waals surface area contributed by atoms with Gasteiger partial charge in [0.2, 0.25) is 0 Å². The molecule has 15 heteroatoms. The number of unbranched alkanes of at least 4 members (excludes halogenated alkanes) is 1. The Bertz CT molecular complexity index is 1140. The fourth-order valence-electron chi connectivity index (χ4n) is 8.27. The number of esters is 1. The number of aliphatic hydroxyl groups is 5. The van der Waals surface area contributed by atoms with Crippen LogP contribution in [0.3, 0.4) is 0 Å². The van der Waals surface area contributed by atoms with Crippen LogP contribution in [0.25, 0.3) is 0 Å². The predicted molar refractivity (Wildman–Crippen MR) is 240 cm³/mol. The van der Waals surface area contributed by atoms with Crippen LogP contribution in [-0.2, 0) is 33.3 Å². The van der Waals surface area contributed by atoms with Crippen LogP contribution in [0, 0.1) is 17.8 Å². The fourth-order valence-corrected chi connectivity index (χ4v) is 8.27. The lowest BCUT2D eigenvalue weighted by Gasteiger charge is -2.45. The summed E-state index contributed by atoms with van der Waals surface area (Å²) in [7, 11) is 5.57. The highest BCUT2D eigenvalue weighted by Crippen LogP contribution is 2.35. The third kappa shape index (κ3) is 21.9. The minimum Gasteiger partial charge on any atom is -0.466 e. The maximum atomic E-state index is 12.2. The second kappa shape index (κ2) is 30.7. The zero-order valence-corrected chi connectivity index (χ0v) is 41.0. The molecule has 15 nitrogen and oxygen atoms in total. The first-order chi connectivity index (χ1) is 28.4. The fraction of sp³-hybridized carbons (Fsp3) is 0.957. The number of hydrogen-bond donors (Lipinski definition) is 6. The van der Waals surface area contributed by atoms with Crippen LogP contribution in [0.5, 0.6) is 0 Å². The molecule has 0 radical (unpaired) electrons. The topological polar surface area (TPSA) is 200 Å². The van der Waals surface area contributed by atoms with Gasteiger partial charge in [-0.25, -0.2) is 0 Å². The molecule has 0 aliphatic carbocycles. The first kappa shape index (κ1) is 59.7. The van der Waals surface area contributed by atoms with E-state index in [1.165, 1.54) is 7.11 Å². The molecule has 0 aromatic rings. The van der Waals surface area contributed by atoms with Crippen molar-refractivity contribution in [1.82, 2.24) is 15.1 Å². The minimum absolute atomic E-state index is 0.0217. The molecule has 0 aromatic carbocycles. The van der Waals surface area contributed by atoms with E-state index in [9.17, 15) is 30.0 Å². The standard InChI is InChI=1S/C38H75N3O10.C8H18O2/c1-13-31(48-12)38(9,47)35(45)29(7)41(19-15-17-39-18-16-32(43)49-14-2)23-25(3)22-37(8,46)36(28(6)34(44)26(4)24-42)51-33-21-30(40(10)11)20-27(5)50-33;1-4-5-6-10-8(3)7(2)9/h24-31,33-36,39,44-47H,13-23H2,1-12H3;7-9H,4-6H2,1-3H3/t25-,26?,27?,28+,29?,30?,31-,33?,34-,35?,36-,37-,38-;7-,8?/m11/s1. The molecule has 1 aliphatic heterocycles. The molecule has 15 atom stereocenters. The Balaban J connectivity index is 0.00000317. The van der Waals surface area contributed by atoms with Gasteiger partial charge in [0.25, 0.3) is 0 Å². The van der Waals surface area contributed by atoms with Gasteiger partial charge in [-0.3, -0.25) is 9.69 Å². The van der Waals surface area contributed by atoms with Gasteiger partial charge >= 0.3 is 5.97 Å². The SMILES string of the molecule is CCCCOC(C)[C@@H](C)O.CCOC(=O)CCNCCCN(C[C@H](C)C[C@@](C)(O)[C@H](OC1CC(N(C)C)CC(C)O1)[C@@H](C)[C@H](O)C(C)C=O)C(C)C(O)[C@](C)(O)[C@@H](CC)OC. The first-order valence-electron chi connectivity index (χ1n) is 23.1. The lowest BCUT2D eigenvalue weighted by molar-refractivity contribution is -0.266. The molecule has 1 saturated heterocycles. The predicted octanol–water partition coefficient (Wildman–Crippen LogP) is 4.17. The highest BCUT2D eigenvalue weighted by atomic mass is 16.7. The number of nitrogens with zero attached hydrogens (tertiary/aromatic N) is 2. The van der Waals surface area contributed by atoms with E-state index in [1.54, 1.807) is 41.5 Å². The van der Waals surface area contributed by atoms with Crippen molar-refractivity contribution in [1.29, 1.82) is 0 Å². The minimum atomic E-state index is -1.52. The van der Waals surface area contributed by atoms with E-state index >= 15 is 0 Å². The van der Waals surface area contributed by atoms with Crippen LogP contribution in [0.1, 0.15) is 134 Å². The van der Waals surface area contributed by atoms with Gasteiger partial charge in [0.1, 0.15) is 18.0 Å². The van der Waals surface area contributed by atoms with E-state index in [0.29, 0.717) is 58.3 Å². The molecule has 1 aliphatic rings. The van der Waals surface area contributed by atoms with Gasteiger partial charge in [0.15, 0.2) is 6.29 Å². The summed E-state index contributed by atoms with van der Waals surface area (Å²) in [5.74, 6) is -1.63. The van der Waals surface area contributed by atoms with E-state index in [-0.39, 0.29) is 49.1 Å². The number of methoxy groups -OCH3 is 1. The number of hydrogen-bond acceptors (Lipinski definition) is 15. The summed E-state index contributed by atoms with van der Waals surface area (Å²) in [4.78, 5) is 27.7. The lowest BCUT2D eigenvalue weighted by atomic mass is 9.78. The number of aldehydes is 1. The number of carbonyl (C=O) groups is 2. The summed E-state index contributed by atoms with van der Waals surface area (Å²) in [5, 5.41) is 58.6. The molecule has 0 aromatic heterocycles. The maximum absolute atomic E-state index is 12.2. The monoisotopic (exact) mass is 880 g/mol. The first-order valence-corrected chi connectivity index (χ1v) is 23.1. The van der Waals surface area contributed by atoms with Gasteiger partial charge in [-0.15, -0.1) is 0 Å². The largest absolute Gasteiger partial charge is 0.466 e. The van der Waals surface area contributed by atoms with E-state index < -0.39 is 59.8 Å². The summed E-state index contributed by atoms with van der Waals surface area (Å²) < 4.78 is 28.6. The van der Waals surface area contributed by atoms with Crippen LogP contribution in [-0.4, -0.2) is 180 Å². The molecule has 6 N–H and O–H groups in total. The molecular formula is C46H93N3O12.